The number of aliphatic carboxylic acids is 1. The minimum absolute atomic E-state index is 0.474. The van der Waals surface area contributed by atoms with Gasteiger partial charge in [0.2, 0.25) is 0 Å². The first-order chi connectivity index (χ1) is 9.93. The predicted octanol–water partition coefficient (Wildman–Crippen LogP) is 2.03. The molecule has 2 amide bonds. The van der Waals surface area contributed by atoms with Crippen LogP contribution >= 0.6 is 0 Å². The molecule has 1 aromatic heterocycles. The molecule has 1 aromatic rings. The molecule has 0 atom stereocenters. The lowest BCUT2D eigenvalue weighted by Crippen LogP contribution is -2.55. The first-order valence-electron chi connectivity index (χ1n) is 7.26. The van der Waals surface area contributed by atoms with E-state index in [2.05, 4.69) is 15.7 Å². The Labute approximate surface area is 123 Å². The fraction of sp³-hybridized carbons (Fsp3) is 0.643. The number of carbonyl (C=O) groups is 2. The summed E-state index contributed by atoms with van der Waals surface area (Å²) in [6, 6.07) is -0.490. The number of carboxylic acids is 1. The lowest BCUT2D eigenvalue weighted by Gasteiger charge is -2.29. The van der Waals surface area contributed by atoms with Crippen molar-refractivity contribution in [1.29, 1.82) is 0 Å². The maximum absolute atomic E-state index is 12.1. The van der Waals surface area contributed by atoms with Crippen LogP contribution in [0.2, 0.25) is 0 Å². The summed E-state index contributed by atoms with van der Waals surface area (Å²) >= 11 is 0. The molecular weight excluding hydrogens is 272 g/mol. The summed E-state index contributed by atoms with van der Waals surface area (Å²) in [6.45, 7) is 1.79. The van der Waals surface area contributed by atoms with Gasteiger partial charge in [-0.05, 0) is 19.8 Å². The van der Waals surface area contributed by atoms with Crippen LogP contribution in [-0.4, -0.2) is 32.4 Å². The predicted molar refractivity (Wildman–Crippen MR) is 78.2 cm³/mol. The van der Waals surface area contributed by atoms with Crippen molar-refractivity contribution in [3.63, 3.8) is 0 Å². The molecule has 3 N–H and O–H groups in total. The summed E-state index contributed by atoms with van der Waals surface area (Å²) in [4.78, 5) is 23.8. The number of nitrogens with one attached hydrogen (secondary N) is 2. The highest BCUT2D eigenvalue weighted by molar-refractivity contribution is 5.94. The summed E-state index contributed by atoms with van der Waals surface area (Å²) in [6.07, 6.45) is 6.30. The molecule has 1 fully saturated rings. The van der Waals surface area contributed by atoms with E-state index in [-0.39, 0.29) is 0 Å². The number of urea groups is 1. The van der Waals surface area contributed by atoms with E-state index in [0.29, 0.717) is 24.2 Å². The summed E-state index contributed by atoms with van der Waals surface area (Å²) in [7, 11) is 1.76. The van der Waals surface area contributed by atoms with Crippen molar-refractivity contribution >= 4 is 17.7 Å². The normalized spacial score (nSPS) is 17.8. The zero-order chi connectivity index (χ0) is 15.5. The Balaban J connectivity index is 2.08. The van der Waals surface area contributed by atoms with Crippen LogP contribution in [0.4, 0.5) is 10.5 Å². The van der Waals surface area contributed by atoms with Crippen LogP contribution in [0.5, 0.6) is 0 Å². The lowest BCUT2D eigenvalue weighted by atomic mass is 9.90. The SMILES string of the molecule is Cc1nn(C)cc1NC(=O)NC1(C(=O)O)CCCCCC1. The van der Waals surface area contributed by atoms with Gasteiger partial charge in [-0.25, -0.2) is 9.59 Å². The second-order valence-corrected chi connectivity index (χ2v) is 5.68. The van der Waals surface area contributed by atoms with Crippen LogP contribution < -0.4 is 10.6 Å². The van der Waals surface area contributed by atoms with Gasteiger partial charge in [-0.3, -0.25) is 4.68 Å². The molecule has 0 saturated heterocycles. The monoisotopic (exact) mass is 294 g/mol. The highest BCUT2D eigenvalue weighted by atomic mass is 16.4. The Hall–Kier alpha value is -2.05. The van der Waals surface area contributed by atoms with Crippen LogP contribution in [0.1, 0.15) is 44.2 Å². The molecule has 1 saturated carbocycles. The molecule has 21 heavy (non-hydrogen) atoms. The molecule has 0 aliphatic heterocycles. The minimum atomic E-state index is -1.16. The molecule has 0 radical (unpaired) electrons. The van der Waals surface area contributed by atoms with Crippen LogP contribution in [0.25, 0.3) is 0 Å². The number of aromatic nitrogens is 2. The third-order valence-electron chi connectivity index (χ3n) is 3.98. The molecule has 0 aromatic carbocycles. The van der Waals surface area contributed by atoms with Crippen LogP contribution in [-0.2, 0) is 11.8 Å². The first kappa shape index (κ1) is 15.3. The number of rotatable bonds is 3. The van der Waals surface area contributed by atoms with E-state index in [1.54, 1.807) is 24.9 Å². The van der Waals surface area contributed by atoms with E-state index in [9.17, 15) is 14.7 Å². The van der Waals surface area contributed by atoms with Crippen molar-refractivity contribution in [3.8, 4) is 0 Å². The van der Waals surface area contributed by atoms with Crippen molar-refractivity contribution in [2.45, 2.75) is 51.0 Å². The molecule has 116 valence electrons. The summed E-state index contributed by atoms with van der Waals surface area (Å²) < 4.78 is 1.60. The Morgan fingerprint density at radius 3 is 2.38 bits per heavy atom. The van der Waals surface area contributed by atoms with Crippen LogP contribution in [0.15, 0.2) is 6.20 Å². The highest BCUT2D eigenvalue weighted by Crippen LogP contribution is 2.27. The number of anilines is 1. The number of nitrogens with zero attached hydrogens (tertiary/aromatic N) is 2. The second kappa shape index (κ2) is 6.15. The van der Waals surface area contributed by atoms with E-state index < -0.39 is 17.5 Å². The lowest BCUT2D eigenvalue weighted by molar-refractivity contribution is -0.145. The van der Waals surface area contributed by atoms with Gasteiger partial charge in [-0.2, -0.15) is 5.10 Å². The molecule has 0 bridgehead atoms. The van der Waals surface area contributed by atoms with Crippen molar-refractivity contribution in [3.05, 3.63) is 11.9 Å². The number of hydrogen-bond acceptors (Lipinski definition) is 3. The number of carbonyl (C=O) groups excluding carboxylic acids is 1. The van der Waals surface area contributed by atoms with Gasteiger partial charge in [-0.15, -0.1) is 0 Å². The standard InChI is InChI=1S/C14H22N4O3/c1-10-11(9-18(2)17-10)15-13(21)16-14(12(19)20)7-5-3-4-6-8-14/h9H,3-8H2,1-2H3,(H,19,20)(H2,15,16,21). The van der Waals surface area contributed by atoms with E-state index in [1.165, 1.54) is 0 Å². The topological polar surface area (TPSA) is 96.3 Å². The van der Waals surface area contributed by atoms with Gasteiger partial charge in [0.25, 0.3) is 0 Å². The fourth-order valence-corrected chi connectivity index (χ4v) is 2.82. The Bertz CT molecular complexity index is 530. The van der Waals surface area contributed by atoms with Gasteiger partial charge in [0.05, 0.1) is 11.4 Å². The van der Waals surface area contributed by atoms with E-state index in [1.807, 2.05) is 0 Å². The molecular formula is C14H22N4O3. The van der Waals surface area contributed by atoms with Gasteiger partial charge in [0.1, 0.15) is 5.54 Å². The number of aryl methyl sites for hydroxylation is 2. The Morgan fingerprint density at radius 2 is 1.90 bits per heavy atom. The summed E-state index contributed by atoms with van der Waals surface area (Å²) in [5.74, 6) is -0.956. The molecule has 0 unspecified atom stereocenters. The summed E-state index contributed by atoms with van der Waals surface area (Å²) in [5.41, 5.74) is 0.124. The molecule has 7 heteroatoms. The van der Waals surface area contributed by atoms with Gasteiger partial charge >= 0.3 is 12.0 Å². The number of amides is 2. The van der Waals surface area contributed by atoms with Crippen LogP contribution in [0.3, 0.4) is 0 Å². The van der Waals surface area contributed by atoms with E-state index >= 15 is 0 Å². The third-order valence-corrected chi connectivity index (χ3v) is 3.98. The molecule has 0 spiro atoms. The van der Waals surface area contributed by atoms with Crippen molar-refractivity contribution in [1.82, 2.24) is 15.1 Å². The van der Waals surface area contributed by atoms with Crippen LogP contribution in [0, 0.1) is 6.92 Å². The van der Waals surface area contributed by atoms with Crippen molar-refractivity contribution in [2.24, 2.45) is 7.05 Å². The van der Waals surface area contributed by atoms with Gasteiger partial charge in [0.15, 0.2) is 0 Å². The number of carboxylic acid groups (broad SMARTS) is 1. The zero-order valence-corrected chi connectivity index (χ0v) is 12.5. The maximum Gasteiger partial charge on any atom is 0.329 e. The second-order valence-electron chi connectivity index (χ2n) is 5.68. The quantitative estimate of drug-likeness (QED) is 0.743. The van der Waals surface area contributed by atoms with E-state index in [4.69, 9.17) is 0 Å². The highest BCUT2D eigenvalue weighted by Gasteiger charge is 2.40. The maximum atomic E-state index is 12.1. The largest absolute Gasteiger partial charge is 0.480 e. The average molecular weight is 294 g/mol. The Morgan fingerprint density at radius 1 is 1.29 bits per heavy atom. The van der Waals surface area contributed by atoms with Gasteiger partial charge in [-0.1, -0.05) is 25.7 Å². The third kappa shape index (κ3) is 3.53. The molecule has 1 aliphatic rings. The minimum Gasteiger partial charge on any atom is -0.480 e. The smallest absolute Gasteiger partial charge is 0.329 e. The Kier molecular flexibility index (Phi) is 4.50. The molecule has 7 nitrogen and oxygen atoms in total. The van der Waals surface area contributed by atoms with E-state index in [0.717, 1.165) is 25.7 Å². The molecule has 1 aliphatic carbocycles. The zero-order valence-electron chi connectivity index (χ0n) is 12.5. The fourth-order valence-electron chi connectivity index (χ4n) is 2.82. The average Bonchev–Trinajstić information content (AvgIpc) is 2.62. The summed E-state index contributed by atoms with van der Waals surface area (Å²) in [5, 5.41) is 19.0. The van der Waals surface area contributed by atoms with Gasteiger partial charge in [0, 0.05) is 13.2 Å². The molecule has 1 heterocycles. The van der Waals surface area contributed by atoms with Crippen molar-refractivity contribution in [2.75, 3.05) is 5.32 Å². The number of hydrogen-bond donors (Lipinski definition) is 3. The van der Waals surface area contributed by atoms with Crippen molar-refractivity contribution < 1.29 is 14.7 Å². The first-order valence-corrected chi connectivity index (χ1v) is 7.26. The molecule has 2 rings (SSSR count). The van der Waals surface area contributed by atoms with Gasteiger partial charge < -0.3 is 15.7 Å².